The molecular weight excluding hydrogens is 370 g/mol. The lowest BCUT2D eigenvalue weighted by molar-refractivity contribution is -0.134. The molecule has 2 aromatic carbocycles. The normalized spacial score (nSPS) is 15.8. The van der Waals surface area contributed by atoms with E-state index in [0.29, 0.717) is 18.5 Å². The molecule has 0 N–H and O–H groups in total. The highest BCUT2D eigenvalue weighted by molar-refractivity contribution is 7.14. The molecule has 6 heteroatoms. The van der Waals surface area contributed by atoms with Gasteiger partial charge in [0.1, 0.15) is 6.04 Å². The van der Waals surface area contributed by atoms with Crippen molar-refractivity contribution in [3.05, 3.63) is 63.9 Å². The summed E-state index contributed by atoms with van der Waals surface area (Å²) in [6, 6.07) is 13.4. The minimum atomic E-state index is -0.475. The summed E-state index contributed by atoms with van der Waals surface area (Å²) in [6.45, 7) is 9.08. The molecule has 5 nitrogen and oxygen atoms in total. The van der Waals surface area contributed by atoms with Gasteiger partial charge in [-0.2, -0.15) is 0 Å². The number of hydrogen-bond acceptors (Lipinski definition) is 4. The molecule has 3 aromatic rings. The second kappa shape index (κ2) is 7.43. The van der Waals surface area contributed by atoms with Crippen molar-refractivity contribution in [2.75, 3.05) is 31.1 Å². The van der Waals surface area contributed by atoms with E-state index in [2.05, 4.69) is 36.9 Å². The highest BCUT2D eigenvalue weighted by Crippen LogP contribution is 2.25. The van der Waals surface area contributed by atoms with Gasteiger partial charge in [-0.3, -0.25) is 13.5 Å². The van der Waals surface area contributed by atoms with Crippen LogP contribution in [0.5, 0.6) is 0 Å². The predicted molar refractivity (Wildman–Crippen MR) is 116 cm³/mol. The monoisotopic (exact) mass is 395 g/mol. The molecule has 4 rings (SSSR count). The Balaban J connectivity index is 1.48. The highest BCUT2D eigenvalue weighted by Gasteiger charge is 2.28. The van der Waals surface area contributed by atoms with Gasteiger partial charge in [0.15, 0.2) is 0 Å². The number of hydrogen-bond donors (Lipinski definition) is 0. The van der Waals surface area contributed by atoms with Gasteiger partial charge in [0.2, 0.25) is 5.91 Å². The zero-order valence-electron chi connectivity index (χ0n) is 16.5. The van der Waals surface area contributed by atoms with E-state index in [1.54, 1.807) is 3.96 Å². The first kappa shape index (κ1) is 18.7. The Morgan fingerprint density at radius 3 is 2.43 bits per heavy atom. The molecule has 1 atom stereocenters. The molecule has 0 radical (unpaired) electrons. The van der Waals surface area contributed by atoms with E-state index >= 15 is 0 Å². The van der Waals surface area contributed by atoms with E-state index in [0.717, 1.165) is 17.8 Å². The maximum atomic E-state index is 13.0. The molecule has 146 valence electrons. The maximum absolute atomic E-state index is 13.0. The number of amides is 1. The lowest BCUT2D eigenvalue weighted by Gasteiger charge is -2.38. The van der Waals surface area contributed by atoms with E-state index < -0.39 is 6.04 Å². The van der Waals surface area contributed by atoms with Crippen LogP contribution in [0.2, 0.25) is 0 Å². The van der Waals surface area contributed by atoms with E-state index in [1.807, 2.05) is 36.1 Å². The zero-order valence-corrected chi connectivity index (χ0v) is 17.3. The lowest BCUT2D eigenvalue weighted by Crippen LogP contribution is -2.50. The lowest BCUT2D eigenvalue weighted by atomic mass is 10.1. The van der Waals surface area contributed by atoms with Crippen LogP contribution in [0.25, 0.3) is 10.1 Å². The molecule has 0 spiro atoms. The number of nitrogens with zero attached hydrogens (tertiary/aromatic N) is 3. The van der Waals surface area contributed by atoms with E-state index in [9.17, 15) is 9.59 Å². The zero-order chi connectivity index (χ0) is 19.8. The van der Waals surface area contributed by atoms with Gasteiger partial charge >= 0.3 is 0 Å². The number of rotatable bonds is 3. The standard InChI is InChI=1S/C22H25N3O2S/c1-15-7-6-9-19(16(15)2)23-11-13-24(14-12-23)21(26)17(3)25-22(27)18-8-4-5-10-20(18)28-25/h4-10,17H,11-14H2,1-3H3/t17-/m1/s1. The van der Waals surface area contributed by atoms with Crippen LogP contribution in [0.1, 0.15) is 24.1 Å². The van der Waals surface area contributed by atoms with Crippen LogP contribution in [0.3, 0.4) is 0 Å². The summed E-state index contributed by atoms with van der Waals surface area (Å²) in [4.78, 5) is 29.9. The Morgan fingerprint density at radius 1 is 1.00 bits per heavy atom. The maximum Gasteiger partial charge on any atom is 0.269 e. The minimum Gasteiger partial charge on any atom is -0.368 e. The summed E-state index contributed by atoms with van der Waals surface area (Å²) >= 11 is 1.37. The van der Waals surface area contributed by atoms with Crippen molar-refractivity contribution < 1.29 is 4.79 Å². The summed E-state index contributed by atoms with van der Waals surface area (Å²) in [5.41, 5.74) is 3.76. The number of piperazine rings is 1. The third-order valence-electron chi connectivity index (χ3n) is 5.73. The number of benzene rings is 2. The van der Waals surface area contributed by atoms with Crippen LogP contribution in [-0.2, 0) is 4.79 Å². The number of aromatic nitrogens is 1. The van der Waals surface area contributed by atoms with Crippen LogP contribution < -0.4 is 10.5 Å². The fraction of sp³-hybridized carbons (Fsp3) is 0.364. The number of aryl methyl sites for hydroxylation is 1. The Bertz CT molecular complexity index is 1080. The molecule has 0 aliphatic carbocycles. The van der Waals surface area contributed by atoms with E-state index in [4.69, 9.17) is 0 Å². The van der Waals surface area contributed by atoms with Crippen molar-refractivity contribution >= 4 is 33.2 Å². The molecule has 1 aliphatic rings. The molecule has 1 aliphatic heterocycles. The van der Waals surface area contributed by atoms with Crippen LogP contribution in [0.4, 0.5) is 5.69 Å². The van der Waals surface area contributed by atoms with Gasteiger partial charge in [-0.05, 0) is 50.1 Å². The van der Waals surface area contributed by atoms with Gasteiger partial charge in [0.05, 0.1) is 10.1 Å². The van der Waals surface area contributed by atoms with Gasteiger partial charge < -0.3 is 9.80 Å². The molecule has 1 saturated heterocycles. The molecule has 28 heavy (non-hydrogen) atoms. The van der Waals surface area contributed by atoms with Gasteiger partial charge in [0.25, 0.3) is 5.56 Å². The summed E-state index contributed by atoms with van der Waals surface area (Å²) < 4.78 is 2.54. The second-order valence-electron chi connectivity index (χ2n) is 7.43. The number of carbonyl (C=O) groups is 1. The van der Waals surface area contributed by atoms with E-state index in [1.165, 1.54) is 28.3 Å². The topological polar surface area (TPSA) is 45.5 Å². The van der Waals surface area contributed by atoms with Crippen LogP contribution in [0, 0.1) is 13.8 Å². The van der Waals surface area contributed by atoms with Gasteiger partial charge in [-0.15, -0.1) is 0 Å². The summed E-state index contributed by atoms with van der Waals surface area (Å²) in [7, 11) is 0. The Hall–Kier alpha value is -2.60. The van der Waals surface area contributed by atoms with Crippen molar-refractivity contribution in [3.8, 4) is 0 Å². The third-order valence-corrected chi connectivity index (χ3v) is 6.96. The predicted octanol–water partition coefficient (Wildman–Crippen LogP) is 3.59. The highest BCUT2D eigenvalue weighted by atomic mass is 32.1. The summed E-state index contributed by atoms with van der Waals surface area (Å²) in [6.07, 6.45) is 0. The van der Waals surface area contributed by atoms with Gasteiger partial charge in [-0.25, -0.2) is 0 Å². The van der Waals surface area contributed by atoms with Crippen molar-refractivity contribution in [1.82, 2.24) is 8.86 Å². The number of fused-ring (bicyclic) bond motifs is 1. The average Bonchev–Trinajstić information content (AvgIpc) is 3.06. The molecule has 1 fully saturated rings. The van der Waals surface area contributed by atoms with Gasteiger partial charge in [-0.1, -0.05) is 35.8 Å². The fourth-order valence-electron chi connectivity index (χ4n) is 3.85. The van der Waals surface area contributed by atoms with Gasteiger partial charge in [0, 0.05) is 31.9 Å². The average molecular weight is 396 g/mol. The smallest absolute Gasteiger partial charge is 0.269 e. The summed E-state index contributed by atoms with van der Waals surface area (Å²) in [5, 5.41) is 0.687. The molecule has 0 saturated carbocycles. The number of carbonyl (C=O) groups excluding carboxylic acids is 1. The van der Waals surface area contributed by atoms with Crippen LogP contribution >= 0.6 is 11.5 Å². The van der Waals surface area contributed by atoms with Crippen molar-refractivity contribution in [2.45, 2.75) is 26.8 Å². The van der Waals surface area contributed by atoms with Crippen molar-refractivity contribution in [1.29, 1.82) is 0 Å². The minimum absolute atomic E-state index is 0.0225. The van der Waals surface area contributed by atoms with Crippen LogP contribution in [0.15, 0.2) is 47.3 Å². The molecular formula is C22H25N3O2S. The Labute approximate surface area is 169 Å². The Morgan fingerprint density at radius 2 is 1.71 bits per heavy atom. The first-order valence-corrected chi connectivity index (χ1v) is 10.4. The fourth-order valence-corrected chi connectivity index (χ4v) is 4.89. The van der Waals surface area contributed by atoms with E-state index in [-0.39, 0.29) is 11.5 Å². The second-order valence-corrected chi connectivity index (χ2v) is 8.44. The molecule has 0 unspecified atom stereocenters. The first-order valence-electron chi connectivity index (χ1n) is 9.68. The van der Waals surface area contributed by atoms with Crippen molar-refractivity contribution in [3.63, 3.8) is 0 Å². The molecule has 0 bridgehead atoms. The molecule has 1 amide bonds. The summed E-state index contributed by atoms with van der Waals surface area (Å²) in [5.74, 6) is 0.0225. The van der Waals surface area contributed by atoms with Crippen LogP contribution in [-0.4, -0.2) is 40.9 Å². The number of anilines is 1. The SMILES string of the molecule is Cc1cccc(N2CCN(C(=O)[C@@H](C)n3sc4ccccc4c3=O)CC2)c1C. The molecule has 2 heterocycles. The third kappa shape index (κ3) is 3.22. The largest absolute Gasteiger partial charge is 0.368 e. The quantitative estimate of drug-likeness (QED) is 0.681. The first-order chi connectivity index (χ1) is 13.5. The van der Waals surface area contributed by atoms with Crippen molar-refractivity contribution in [2.24, 2.45) is 0 Å². The molecule has 1 aromatic heterocycles. The Kier molecular flexibility index (Phi) is 4.98.